The van der Waals surface area contributed by atoms with E-state index in [2.05, 4.69) is 10.6 Å². The quantitative estimate of drug-likeness (QED) is 0.834. The van der Waals surface area contributed by atoms with E-state index in [4.69, 9.17) is 0 Å². The standard InChI is InChI=1S/C14H19N3O2.ClH/c18-13(10-12-4-2-1-3-5-12)16-11-14(19)17-8-6-15-7-9-17;/h1-5,15H,6-11H2,(H,16,18);1H. The van der Waals surface area contributed by atoms with E-state index in [0.29, 0.717) is 19.5 Å². The number of nitrogens with zero attached hydrogens (tertiary/aromatic N) is 1. The number of hydrogen-bond acceptors (Lipinski definition) is 3. The molecule has 6 heteroatoms. The van der Waals surface area contributed by atoms with Gasteiger partial charge >= 0.3 is 0 Å². The maximum Gasteiger partial charge on any atom is 0.242 e. The molecule has 0 aromatic heterocycles. The number of nitrogens with one attached hydrogen (secondary N) is 2. The zero-order valence-corrected chi connectivity index (χ0v) is 12.1. The molecule has 110 valence electrons. The lowest BCUT2D eigenvalue weighted by Crippen LogP contribution is -2.49. The van der Waals surface area contributed by atoms with Crippen LogP contribution in [0.5, 0.6) is 0 Å². The fourth-order valence-electron chi connectivity index (χ4n) is 2.04. The highest BCUT2D eigenvalue weighted by Gasteiger charge is 2.16. The lowest BCUT2D eigenvalue weighted by Gasteiger charge is -2.27. The summed E-state index contributed by atoms with van der Waals surface area (Å²) in [6.45, 7) is 3.17. The highest BCUT2D eigenvalue weighted by atomic mass is 35.5. The van der Waals surface area contributed by atoms with Crippen LogP contribution in [0, 0.1) is 0 Å². The van der Waals surface area contributed by atoms with E-state index in [-0.39, 0.29) is 30.8 Å². The molecule has 0 saturated carbocycles. The molecular weight excluding hydrogens is 278 g/mol. The molecule has 1 aliphatic rings. The van der Waals surface area contributed by atoms with Gasteiger partial charge in [0, 0.05) is 26.2 Å². The van der Waals surface area contributed by atoms with Gasteiger partial charge in [-0.25, -0.2) is 0 Å². The highest BCUT2D eigenvalue weighted by molar-refractivity contribution is 5.86. The van der Waals surface area contributed by atoms with Crippen LogP contribution >= 0.6 is 12.4 Å². The third kappa shape index (κ3) is 5.19. The number of hydrogen-bond donors (Lipinski definition) is 2. The number of carbonyl (C=O) groups is 2. The van der Waals surface area contributed by atoms with Gasteiger partial charge in [-0.3, -0.25) is 9.59 Å². The molecule has 1 heterocycles. The molecule has 2 amide bonds. The average molecular weight is 298 g/mol. The number of carbonyl (C=O) groups excluding carboxylic acids is 2. The number of amides is 2. The normalized spacial score (nSPS) is 14.3. The van der Waals surface area contributed by atoms with Crippen molar-refractivity contribution in [2.75, 3.05) is 32.7 Å². The first-order valence-electron chi connectivity index (χ1n) is 6.55. The van der Waals surface area contributed by atoms with Crippen LogP contribution < -0.4 is 10.6 Å². The molecule has 0 aliphatic carbocycles. The van der Waals surface area contributed by atoms with Crippen LogP contribution in [0.25, 0.3) is 0 Å². The molecule has 0 radical (unpaired) electrons. The third-order valence-electron chi connectivity index (χ3n) is 3.11. The number of piperazine rings is 1. The molecule has 1 aromatic rings. The Balaban J connectivity index is 0.00000200. The summed E-state index contributed by atoms with van der Waals surface area (Å²) < 4.78 is 0. The topological polar surface area (TPSA) is 61.4 Å². The molecule has 1 fully saturated rings. The van der Waals surface area contributed by atoms with Crippen molar-refractivity contribution in [3.8, 4) is 0 Å². The van der Waals surface area contributed by atoms with Crippen molar-refractivity contribution in [2.24, 2.45) is 0 Å². The van der Waals surface area contributed by atoms with Crippen LogP contribution in [0.4, 0.5) is 0 Å². The summed E-state index contributed by atoms with van der Waals surface area (Å²) >= 11 is 0. The van der Waals surface area contributed by atoms with Crippen molar-refractivity contribution in [1.29, 1.82) is 0 Å². The van der Waals surface area contributed by atoms with E-state index < -0.39 is 0 Å². The molecule has 0 unspecified atom stereocenters. The van der Waals surface area contributed by atoms with Crippen LogP contribution in [0.2, 0.25) is 0 Å². The highest BCUT2D eigenvalue weighted by Crippen LogP contribution is 1.99. The first-order valence-corrected chi connectivity index (χ1v) is 6.55. The van der Waals surface area contributed by atoms with E-state index in [1.165, 1.54) is 0 Å². The van der Waals surface area contributed by atoms with E-state index in [9.17, 15) is 9.59 Å². The maximum atomic E-state index is 11.8. The Kier molecular flexibility index (Phi) is 7.04. The molecule has 2 N–H and O–H groups in total. The van der Waals surface area contributed by atoms with Gasteiger partial charge in [0.05, 0.1) is 13.0 Å². The zero-order chi connectivity index (χ0) is 13.5. The fraction of sp³-hybridized carbons (Fsp3) is 0.429. The van der Waals surface area contributed by atoms with Gasteiger partial charge < -0.3 is 15.5 Å². The van der Waals surface area contributed by atoms with Crippen LogP contribution in [-0.2, 0) is 16.0 Å². The van der Waals surface area contributed by atoms with Crippen LogP contribution in [0.15, 0.2) is 30.3 Å². The van der Waals surface area contributed by atoms with Gasteiger partial charge in [-0.05, 0) is 5.56 Å². The van der Waals surface area contributed by atoms with E-state index >= 15 is 0 Å². The third-order valence-corrected chi connectivity index (χ3v) is 3.11. The van der Waals surface area contributed by atoms with Crippen LogP contribution in [0.1, 0.15) is 5.56 Å². The molecule has 1 saturated heterocycles. The Hall–Kier alpha value is -1.59. The molecule has 0 atom stereocenters. The lowest BCUT2D eigenvalue weighted by molar-refractivity contribution is -0.133. The van der Waals surface area contributed by atoms with Gasteiger partial charge in [0.25, 0.3) is 0 Å². The largest absolute Gasteiger partial charge is 0.347 e. The summed E-state index contributed by atoms with van der Waals surface area (Å²) in [6, 6.07) is 9.51. The average Bonchev–Trinajstić information content (AvgIpc) is 2.47. The number of rotatable bonds is 4. The van der Waals surface area contributed by atoms with E-state index in [1.807, 2.05) is 30.3 Å². The Morgan fingerprint density at radius 3 is 2.45 bits per heavy atom. The second-order valence-corrected chi connectivity index (χ2v) is 4.57. The van der Waals surface area contributed by atoms with Crippen LogP contribution in [0.3, 0.4) is 0 Å². The summed E-state index contributed by atoms with van der Waals surface area (Å²) in [6.07, 6.45) is 0.315. The van der Waals surface area contributed by atoms with Gasteiger partial charge in [-0.15, -0.1) is 12.4 Å². The van der Waals surface area contributed by atoms with Crippen molar-refractivity contribution in [3.63, 3.8) is 0 Å². The first-order chi connectivity index (χ1) is 9.25. The lowest BCUT2D eigenvalue weighted by atomic mass is 10.1. The maximum absolute atomic E-state index is 11.8. The fourth-order valence-corrected chi connectivity index (χ4v) is 2.04. The zero-order valence-electron chi connectivity index (χ0n) is 11.3. The minimum Gasteiger partial charge on any atom is -0.347 e. The van der Waals surface area contributed by atoms with Crippen molar-refractivity contribution in [3.05, 3.63) is 35.9 Å². The molecule has 1 aromatic carbocycles. The van der Waals surface area contributed by atoms with Crippen molar-refractivity contribution < 1.29 is 9.59 Å². The molecule has 2 rings (SSSR count). The Morgan fingerprint density at radius 1 is 1.15 bits per heavy atom. The summed E-state index contributed by atoms with van der Waals surface area (Å²) in [5.41, 5.74) is 0.953. The second kappa shape index (κ2) is 8.55. The van der Waals surface area contributed by atoms with Crippen LogP contribution in [-0.4, -0.2) is 49.4 Å². The van der Waals surface area contributed by atoms with Crippen molar-refractivity contribution in [1.82, 2.24) is 15.5 Å². The second-order valence-electron chi connectivity index (χ2n) is 4.57. The SMILES string of the molecule is Cl.O=C(Cc1ccccc1)NCC(=O)N1CCNCC1. The molecule has 0 spiro atoms. The minimum atomic E-state index is -0.116. The van der Waals surface area contributed by atoms with Crippen molar-refractivity contribution >= 4 is 24.2 Å². The Labute approximate surface area is 125 Å². The van der Waals surface area contributed by atoms with Gasteiger partial charge in [-0.2, -0.15) is 0 Å². The molecule has 1 aliphatic heterocycles. The van der Waals surface area contributed by atoms with Gasteiger partial charge in [-0.1, -0.05) is 30.3 Å². The first kappa shape index (κ1) is 16.5. The van der Waals surface area contributed by atoms with Gasteiger partial charge in [0.1, 0.15) is 0 Å². The molecular formula is C14H20ClN3O2. The number of benzene rings is 1. The van der Waals surface area contributed by atoms with E-state index in [0.717, 1.165) is 18.7 Å². The predicted octanol–water partition coefficient (Wildman–Crippen LogP) is 0.199. The Morgan fingerprint density at radius 2 is 1.80 bits per heavy atom. The predicted molar refractivity (Wildman–Crippen MR) is 79.9 cm³/mol. The summed E-state index contributed by atoms with van der Waals surface area (Å²) in [7, 11) is 0. The summed E-state index contributed by atoms with van der Waals surface area (Å²) in [5, 5.41) is 5.86. The van der Waals surface area contributed by atoms with Crippen molar-refractivity contribution in [2.45, 2.75) is 6.42 Å². The Bertz CT molecular complexity index is 433. The van der Waals surface area contributed by atoms with E-state index in [1.54, 1.807) is 4.90 Å². The monoisotopic (exact) mass is 297 g/mol. The van der Waals surface area contributed by atoms with Gasteiger partial charge in [0.2, 0.25) is 11.8 Å². The molecule has 0 bridgehead atoms. The summed E-state index contributed by atoms with van der Waals surface area (Å²) in [5.74, 6) is -0.127. The summed E-state index contributed by atoms with van der Waals surface area (Å²) in [4.78, 5) is 25.3. The molecule has 5 nitrogen and oxygen atoms in total. The smallest absolute Gasteiger partial charge is 0.242 e. The minimum absolute atomic E-state index is 0. The molecule has 20 heavy (non-hydrogen) atoms. The number of halogens is 1. The van der Waals surface area contributed by atoms with Gasteiger partial charge in [0.15, 0.2) is 0 Å².